The fourth-order valence-corrected chi connectivity index (χ4v) is 3.22. The number of aromatic nitrogens is 1. The van der Waals surface area contributed by atoms with Gasteiger partial charge in [-0.15, -0.1) is 0 Å². The summed E-state index contributed by atoms with van der Waals surface area (Å²) >= 11 is 0. The van der Waals surface area contributed by atoms with Gasteiger partial charge in [-0.05, 0) is 43.0 Å². The number of hydrogen-bond acceptors (Lipinski definition) is 5. The van der Waals surface area contributed by atoms with E-state index in [9.17, 15) is 0 Å². The van der Waals surface area contributed by atoms with E-state index in [2.05, 4.69) is 18.8 Å². The second-order valence-corrected chi connectivity index (χ2v) is 7.25. The van der Waals surface area contributed by atoms with Crippen molar-refractivity contribution in [3.05, 3.63) is 36.0 Å². The zero-order chi connectivity index (χ0) is 17.3. The lowest BCUT2D eigenvalue weighted by molar-refractivity contribution is 0.206. The van der Waals surface area contributed by atoms with E-state index in [1.54, 1.807) is 6.20 Å². The number of pyridine rings is 1. The first kappa shape index (κ1) is 16.6. The molecule has 5 heteroatoms. The molecule has 4 N–H and O–H groups in total. The number of rotatable bonds is 5. The summed E-state index contributed by atoms with van der Waals surface area (Å²) in [6, 6.07) is 7.87. The van der Waals surface area contributed by atoms with E-state index in [-0.39, 0.29) is 5.54 Å². The number of fused-ring (bicyclic) bond motifs is 3. The van der Waals surface area contributed by atoms with Crippen LogP contribution in [0.1, 0.15) is 32.8 Å². The molecule has 0 amide bonds. The normalized spacial score (nSPS) is 15.2. The Kier molecular flexibility index (Phi) is 4.37. The molecule has 1 aliphatic heterocycles. The molecule has 3 rings (SSSR count). The summed E-state index contributed by atoms with van der Waals surface area (Å²) in [6.45, 7) is 7.34. The van der Waals surface area contributed by atoms with Gasteiger partial charge < -0.3 is 20.9 Å². The average molecular weight is 327 g/mol. The van der Waals surface area contributed by atoms with Crippen LogP contribution in [0.15, 0.2) is 30.5 Å². The maximum absolute atomic E-state index is 6.31. The standard InChI is InChI=1S/C19H25N3O2/c1-12(2)8-19(3,21)11-24-14-4-5-15-13(6-14)10-23-17-9-22-18(20)7-16(15)17/h4-7,9,12H,8,10-11,21H2,1-3H3,(H2,20,22). The van der Waals surface area contributed by atoms with Crippen molar-refractivity contribution < 1.29 is 9.47 Å². The molecule has 128 valence electrons. The molecule has 0 aliphatic carbocycles. The number of benzene rings is 1. The largest absolute Gasteiger partial charge is 0.492 e. The summed E-state index contributed by atoms with van der Waals surface area (Å²) in [6.07, 6.45) is 2.59. The van der Waals surface area contributed by atoms with Gasteiger partial charge in [0.15, 0.2) is 0 Å². The van der Waals surface area contributed by atoms with Gasteiger partial charge >= 0.3 is 0 Å². The lowest BCUT2D eigenvalue weighted by Gasteiger charge is -2.27. The van der Waals surface area contributed by atoms with E-state index < -0.39 is 0 Å². The van der Waals surface area contributed by atoms with Crippen LogP contribution < -0.4 is 20.9 Å². The monoisotopic (exact) mass is 327 g/mol. The minimum absolute atomic E-state index is 0.340. The highest BCUT2D eigenvalue weighted by Gasteiger charge is 2.22. The molecule has 1 aliphatic rings. The maximum atomic E-state index is 6.31. The van der Waals surface area contributed by atoms with Crippen molar-refractivity contribution in [3.8, 4) is 22.6 Å². The van der Waals surface area contributed by atoms with Crippen LogP contribution in [0.3, 0.4) is 0 Å². The van der Waals surface area contributed by atoms with Crippen molar-refractivity contribution in [2.75, 3.05) is 12.3 Å². The van der Waals surface area contributed by atoms with Crippen molar-refractivity contribution >= 4 is 5.82 Å². The van der Waals surface area contributed by atoms with E-state index in [0.717, 1.165) is 34.6 Å². The van der Waals surface area contributed by atoms with Crippen molar-refractivity contribution in [1.29, 1.82) is 0 Å². The van der Waals surface area contributed by atoms with Gasteiger partial charge in [0.1, 0.15) is 30.5 Å². The predicted molar refractivity (Wildman–Crippen MR) is 96.0 cm³/mol. The van der Waals surface area contributed by atoms with Gasteiger partial charge in [0.05, 0.1) is 6.20 Å². The van der Waals surface area contributed by atoms with Gasteiger partial charge in [-0.1, -0.05) is 19.9 Å². The van der Waals surface area contributed by atoms with Crippen LogP contribution in [0, 0.1) is 5.92 Å². The molecule has 1 aromatic heterocycles. The lowest BCUT2D eigenvalue weighted by atomic mass is 9.93. The highest BCUT2D eigenvalue weighted by Crippen LogP contribution is 2.39. The SMILES string of the molecule is CC(C)CC(C)(N)COc1ccc2c(c1)COc1cnc(N)cc1-2. The molecular formula is C19H25N3O2. The third kappa shape index (κ3) is 3.62. The van der Waals surface area contributed by atoms with Crippen LogP contribution >= 0.6 is 0 Å². The van der Waals surface area contributed by atoms with E-state index in [4.69, 9.17) is 20.9 Å². The number of nitrogens with zero attached hydrogens (tertiary/aromatic N) is 1. The quantitative estimate of drug-likeness (QED) is 0.879. The molecule has 0 saturated carbocycles. The summed E-state index contributed by atoms with van der Waals surface area (Å²) in [5.74, 6) is 2.59. The first-order valence-corrected chi connectivity index (χ1v) is 8.27. The molecule has 24 heavy (non-hydrogen) atoms. The molecule has 1 unspecified atom stereocenters. The molecule has 0 bridgehead atoms. The van der Waals surface area contributed by atoms with Gasteiger partial charge in [-0.3, -0.25) is 0 Å². The van der Waals surface area contributed by atoms with Gasteiger partial charge in [0.2, 0.25) is 0 Å². The van der Waals surface area contributed by atoms with Crippen LogP contribution in [-0.2, 0) is 6.61 Å². The van der Waals surface area contributed by atoms with Crippen molar-refractivity contribution in [1.82, 2.24) is 4.98 Å². The molecule has 2 heterocycles. The summed E-state index contributed by atoms with van der Waals surface area (Å²) in [5, 5.41) is 0. The van der Waals surface area contributed by atoms with Gasteiger partial charge in [0, 0.05) is 16.7 Å². The summed E-state index contributed by atoms with van der Waals surface area (Å²) < 4.78 is 11.7. The lowest BCUT2D eigenvalue weighted by Crippen LogP contribution is -2.43. The van der Waals surface area contributed by atoms with Gasteiger partial charge in [0.25, 0.3) is 0 Å². The fraction of sp³-hybridized carbons (Fsp3) is 0.421. The molecule has 1 atom stereocenters. The number of nitrogens with two attached hydrogens (primary N) is 2. The third-order valence-corrected chi connectivity index (χ3v) is 4.08. The summed E-state index contributed by atoms with van der Waals surface area (Å²) in [4.78, 5) is 4.08. The first-order valence-electron chi connectivity index (χ1n) is 8.27. The van der Waals surface area contributed by atoms with E-state index in [0.29, 0.717) is 24.9 Å². The van der Waals surface area contributed by atoms with Gasteiger partial charge in [-0.25, -0.2) is 4.98 Å². The molecular weight excluding hydrogens is 302 g/mol. The minimum Gasteiger partial charge on any atom is -0.492 e. The predicted octanol–water partition coefficient (Wildman–Crippen LogP) is 3.37. The Morgan fingerprint density at radius 2 is 2.08 bits per heavy atom. The number of hydrogen-bond donors (Lipinski definition) is 2. The highest BCUT2D eigenvalue weighted by atomic mass is 16.5. The Bertz CT molecular complexity index is 741. The Balaban J connectivity index is 1.78. The molecule has 0 spiro atoms. The molecule has 0 radical (unpaired) electrons. The van der Waals surface area contributed by atoms with Crippen LogP contribution in [-0.4, -0.2) is 17.1 Å². The molecule has 5 nitrogen and oxygen atoms in total. The van der Waals surface area contributed by atoms with Gasteiger partial charge in [-0.2, -0.15) is 0 Å². The van der Waals surface area contributed by atoms with Crippen LogP contribution in [0.5, 0.6) is 11.5 Å². The molecule has 0 fully saturated rings. The zero-order valence-corrected chi connectivity index (χ0v) is 14.5. The fourth-order valence-electron chi connectivity index (χ4n) is 3.22. The Morgan fingerprint density at radius 1 is 1.29 bits per heavy atom. The minimum atomic E-state index is -0.340. The Hall–Kier alpha value is -2.27. The van der Waals surface area contributed by atoms with E-state index >= 15 is 0 Å². The third-order valence-electron chi connectivity index (χ3n) is 4.08. The van der Waals surface area contributed by atoms with E-state index in [1.165, 1.54) is 0 Å². The van der Waals surface area contributed by atoms with E-state index in [1.807, 2.05) is 31.2 Å². The summed E-state index contributed by atoms with van der Waals surface area (Å²) in [7, 11) is 0. The second-order valence-electron chi connectivity index (χ2n) is 7.25. The zero-order valence-electron chi connectivity index (χ0n) is 14.5. The molecule has 1 aromatic carbocycles. The maximum Gasteiger partial charge on any atom is 0.146 e. The average Bonchev–Trinajstić information content (AvgIpc) is 2.51. The smallest absolute Gasteiger partial charge is 0.146 e. The van der Waals surface area contributed by atoms with Crippen molar-refractivity contribution in [2.45, 2.75) is 39.3 Å². The topological polar surface area (TPSA) is 83.4 Å². The molecule has 0 saturated heterocycles. The number of anilines is 1. The van der Waals surface area contributed by atoms with Crippen LogP contribution in [0.25, 0.3) is 11.1 Å². The van der Waals surface area contributed by atoms with Crippen LogP contribution in [0.2, 0.25) is 0 Å². The first-order chi connectivity index (χ1) is 11.3. The van der Waals surface area contributed by atoms with Crippen LogP contribution in [0.4, 0.5) is 5.82 Å². The highest BCUT2D eigenvalue weighted by molar-refractivity contribution is 5.77. The Morgan fingerprint density at radius 3 is 2.83 bits per heavy atom. The number of ether oxygens (including phenoxy) is 2. The molecule has 2 aromatic rings. The Labute approximate surface area is 143 Å². The van der Waals surface area contributed by atoms with Crippen molar-refractivity contribution in [3.63, 3.8) is 0 Å². The summed E-state index contributed by atoms with van der Waals surface area (Å²) in [5.41, 5.74) is 14.9. The van der Waals surface area contributed by atoms with Crippen molar-refractivity contribution in [2.24, 2.45) is 11.7 Å². The number of nitrogen functional groups attached to an aromatic ring is 1. The second kappa shape index (κ2) is 6.32.